The summed E-state index contributed by atoms with van der Waals surface area (Å²) in [4.78, 5) is 12.2. The second kappa shape index (κ2) is 10.2. The van der Waals surface area contributed by atoms with Crippen LogP contribution in [0.3, 0.4) is 0 Å². The Morgan fingerprint density at radius 3 is 2.29 bits per heavy atom. The average molecular weight is 536 g/mol. The van der Waals surface area contributed by atoms with Gasteiger partial charge in [0.2, 0.25) is 0 Å². The van der Waals surface area contributed by atoms with Crippen LogP contribution in [0.5, 0.6) is 0 Å². The molecular weight excluding hydrogens is 484 g/mol. The zero-order chi connectivity index (χ0) is 24.8. The van der Waals surface area contributed by atoms with Gasteiger partial charge in [-0.2, -0.15) is 0 Å². The third-order valence-electron chi connectivity index (χ3n) is 11.6. The van der Waals surface area contributed by atoms with Crippen molar-refractivity contribution in [3.8, 4) is 0 Å². The van der Waals surface area contributed by atoms with E-state index in [9.17, 15) is 4.79 Å². The van der Waals surface area contributed by atoms with E-state index < -0.39 is 0 Å². The van der Waals surface area contributed by atoms with Crippen LogP contribution >= 0.6 is 15.9 Å². The highest BCUT2D eigenvalue weighted by Crippen LogP contribution is 2.69. The van der Waals surface area contributed by atoms with E-state index in [1.807, 2.05) is 0 Å². The fourth-order valence-corrected chi connectivity index (χ4v) is 11.0. The summed E-state index contributed by atoms with van der Waals surface area (Å²) in [5.41, 5.74) is 0.888. The van der Waals surface area contributed by atoms with E-state index in [1.165, 1.54) is 44.9 Å². The van der Waals surface area contributed by atoms with Gasteiger partial charge < -0.3 is 4.74 Å². The molecule has 2 nitrogen and oxygen atoms in total. The second-order valence-corrected chi connectivity index (χ2v) is 14.7. The van der Waals surface area contributed by atoms with Crippen LogP contribution < -0.4 is 0 Å². The molecule has 0 N–H and O–H groups in total. The Kier molecular flexibility index (Phi) is 8.04. The zero-order valence-corrected chi connectivity index (χ0v) is 24.6. The molecule has 34 heavy (non-hydrogen) atoms. The highest BCUT2D eigenvalue weighted by atomic mass is 79.9. The van der Waals surface area contributed by atoms with E-state index in [1.54, 1.807) is 6.92 Å². The van der Waals surface area contributed by atoms with Crippen LogP contribution in [-0.4, -0.2) is 16.9 Å². The summed E-state index contributed by atoms with van der Waals surface area (Å²) in [5.74, 6) is 6.07. The maximum absolute atomic E-state index is 11.6. The molecule has 0 aliphatic heterocycles. The smallest absolute Gasteiger partial charge is 0.302 e. The lowest BCUT2D eigenvalue weighted by Crippen LogP contribution is -2.57. The van der Waals surface area contributed by atoms with E-state index in [0.29, 0.717) is 27.5 Å². The number of ether oxygens (including phenoxy) is 1. The Morgan fingerprint density at radius 2 is 1.65 bits per heavy atom. The molecule has 0 amide bonds. The molecule has 0 bridgehead atoms. The first-order valence-electron chi connectivity index (χ1n) is 14.5. The number of hydrogen-bond acceptors (Lipinski definition) is 2. The molecule has 11 atom stereocenters. The van der Waals surface area contributed by atoms with E-state index in [-0.39, 0.29) is 12.1 Å². The first-order chi connectivity index (χ1) is 16.0. The summed E-state index contributed by atoms with van der Waals surface area (Å²) in [7, 11) is 0. The average Bonchev–Trinajstić information content (AvgIpc) is 3.12. The molecule has 0 aromatic heterocycles. The third kappa shape index (κ3) is 4.70. The highest BCUT2D eigenvalue weighted by Gasteiger charge is 2.62. The number of esters is 1. The normalized spacial score (nSPS) is 46.0. The van der Waals surface area contributed by atoms with Crippen molar-refractivity contribution in [1.82, 2.24) is 0 Å². The summed E-state index contributed by atoms with van der Waals surface area (Å²) >= 11 is 4.19. The molecule has 3 heteroatoms. The highest BCUT2D eigenvalue weighted by molar-refractivity contribution is 9.09. The maximum Gasteiger partial charge on any atom is 0.302 e. The first-order valence-corrected chi connectivity index (χ1v) is 15.4. The molecule has 0 saturated heterocycles. The lowest BCUT2D eigenvalue weighted by atomic mass is 9.44. The largest absolute Gasteiger partial charge is 0.463 e. The monoisotopic (exact) mass is 534 g/mol. The number of carbonyl (C=O) groups excluding carboxylic acids is 1. The van der Waals surface area contributed by atoms with E-state index in [0.717, 1.165) is 48.3 Å². The summed E-state index contributed by atoms with van der Waals surface area (Å²) in [5, 5.41) is 0. The molecular formula is C31H51BrO2. The number of rotatable bonds is 6. The van der Waals surface area contributed by atoms with Gasteiger partial charge in [0.25, 0.3) is 0 Å². The zero-order valence-electron chi connectivity index (χ0n) is 23.0. The Balaban J connectivity index is 1.50. The van der Waals surface area contributed by atoms with Gasteiger partial charge in [-0.3, -0.25) is 4.79 Å². The van der Waals surface area contributed by atoms with Gasteiger partial charge in [0.1, 0.15) is 6.10 Å². The molecule has 0 radical (unpaired) electrons. The van der Waals surface area contributed by atoms with Gasteiger partial charge in [-0.25, -0.2) is 0 Å². The topological polar surface area (TPSA) is 26.3 Å². The Morgan fingerprint density at radius 1 is 0.971 bits per heavy atom. The van der Waals surface area contributed by atoms with E-state index in [2.05, 4.69) is 69.6 Å². The van der Waals surface area contributed by atoms with Gasteiger partial charge in [0.15, 0.2) is 0 Å². The lowest BCUT2D eigenvalue weighted by molar-refractivity contribution is -0.159. The van der Waals surface area contributed by atoms with Crippen LogP contribution in [0.4, 0.5) is 0 Å². The molecule has 4 unspecified atom stereocenters. The predicted octanol–water partition coefficient (Wildman–Crippen LogP) is 8.82. The van der Waals surface area contributed by atoms with Crippen molar-refractivity contribution in [2.24, 2.45) is 58.2 Å². The molecule has 4 rings (SSSR count). The van der Waals surface area contributed by atoms with Crippen LogP contribution in [0.1, 0.15) is 106 Å². The summed E-state index contributed by atoms with van der Waals surface area (Å²) in [6.07, 6.45) is 16.8. The number of fused-ring (bicyclic) bond motifs is 5. The molecule has 4 saturated carbocycles. The van der Waals surface area contributed by atoms with Gasteiger partial charge in [-0.15, -0.1) is 0 Å². The number of halogens is 1. The van der Waals surface area contributed by atoms with Crippen molar-refractivity contribution in [2.75, 3.05) is 0 Å². The SMILES string of the molecule is CC[C@H](/C=C/[C@@H](C)[C@H]1CCC2C3C[C@@H](Br)C4C[C@@H](OC(C)=O)CC[C@]4(C)C3CC[C@@]21C)C(C)C. The fraction of sp³-hybridized carbons (Fsp3) is 0.903. The minimum Gasteiger partial charge on any atom is -0.463 e. The van der Waals surface area contributed by atoms with Gasteiger partial charge in [-0.1, -0.05) is 69.6 Å². The first kappa shape index (κ1) is 26.7. The molecule has 194 valence electrons. The molecule has 4 aliphatic rings. The number of alkyl halides is 1. The summed E-state index contributed by atoms with van der Waals surface area (Å²) in [6, 6.07) is 0. The third-order valence-corrected chi connectivity index (χ3v) is 12.6. The minimum atomic E-state index is -0.110. The van der Waals surface area contributed by atoms with Crippen LogP contribution in [-0.2, 0) is 9.53 Å². The van der Waals surface area contributed by atoms with Crippen LogP contribution in [0.15, 0.2) is 12.2 Å². The van der Waals surface area contributed by atoms with Crippen molar-refractivity contribution < 1.29 is 9.53 Å². The fourth-order valence-electron chi connectivity index (χ4n) is 9.74. The minimum absolute atomic E-state index is 0.110. The summed E-state index contributed by atoms with van der Waals surface area (Å²) in [6.45, 7) is 16.4. The number of carbonyl (C=O) groups is 1. The quantitative estimate of drug-likeness (QED) is 0.193. The molecule has 0 aromatic rings. The second-order valence-electron chi connectivity index (χ2n) is 13.5. The van der Waals surface area contributed by atoms with Crippen LogP contribution in [0.25, 0.3) is 0 Å². The molecule has 4 aliphatic carbocycles. The van der Waals surface area contributed by atoms with Crippen LogP contribution in [0, 0.1) is 58.2 Å². The van der Waals surface area contributed by atoms with Gasteiger partial charge >= 0.3 is 5.97 Å². The van der Waals surface area contributed by atoms with Crippen molar-refractivity contribution in [1.29, 1.82) is 0 Å². The van der Waals surface area contributed by atoms with Gasteiger partial charge in [-0.05, 0) is 116 Å². The van der Waals surface area contributed by atoms with Crippen molar-refractivity contribution in [3.63, 3.8) is 0 Å². The van der Waals surface area contributed by atoms with Crippen molar-refractivity contribution in [2.45, 2.75) is 117 Å². The number of allylic oxidation sites excluding steroid dienone is 2. The molecule has 4 fully saturated rings. The Labute approximate surface area is 218 Å². The molecule has 0 heterocycles. The van der Waals surface area contributed by atoms with Gasteiger partial charge in [0.05, 0.1) is 0 Å². The standard InChI is InChI=1S/C31H51BrO2/c1-8-22(19(2)3)10-9-20(4)25-11-12-26-24-18-29(32)28-17-23(34-21(5)33)13-15-31(28,7)27(24)14-16-30(25,26)6/h9-10,19-20,22-29H,8,11-18H2,1-7H3/b10-9+/t20-,22-,23+,24?,25-,26?,27?,28?,29-,30-,31-/m1/s1. The van der Waals surface area contributed by atoms with Crippen LogP contribution in [0.2, 0.25) is 0 Å². The Bertz CT molecular complexity index is 761. The van der Waals surface area contributed by atoms with Crippen molar-refractivity contribution in [3.05, 3.63) is 12.2 Å². The summed E-state index contributed by atoms with van der Waals surface area (Å²) < 4.78 is 5.69. The molecule has 0 spiro atoms. The Hall–Kier alpha value is -0.310. The lowest BCUT2D eigenvalue weighted by Gasteiger charge is -2.62. The van der Waals surface area contributed by atoms with Gasteiger partial charge in [0, 0.05) is 11.8 Å². The molecule has 0 aromatic carbocycles. The van der Waals surface area contributed by atoms with E-state index >= 15 is 0 Å². The number of hydrogen-bond donors (Lipinski definition) is 0. The van der Waals surface area contributed by atoms with Crippen molar-refractivity contribution >= 4 is 21.9 Å². The predicted molar refractivity (Wildman–Crippen MR) is 146 cm³/mol. The maximum atomic E-state index is 11.6. The van der Waals surface area contributed by atoms with E-state index in [4.69, 9.17) is 4.74 Å².